The number of hydrogen-bond acceptors (Lipinski definition) is 2. The molecular formula is C21H31N5. The third kappa shape index (κ3) is 3.73. The zero-order valence-electron chi connectivity index (χ0n) is 16.2. The molecule has 5 nitrogen and oxygen atoms in total. The molecule has 4 rings (SSSR count). The first-order valence-electron chi connectivity index (χ1n) is 10.0. The normalized spacial score (nSPS) is 21.5. The summed E-state index contributed by atoms with van der Waals surface area (Å²) in [6, 6.07) is 8.00. The van der Waals surface area contributed by atoms with Crippen LogP contribution in [-0.4, -0.2) is 47.6 Å². The van der Waals surface area contributed by atoms with E-state index in [1.807, 2.05) is 0 Å². The third-order valence-corrected chi connectivity index (χ3v) is 5.76. The second kappa shape index (κ2) is 7.31. The summed E-state index contributed by atoms with van der Waals surface area (Å²) in [5, 5.41) is 8.36. The largest absolute Gasteiger partial charge is 0.358 e. The number of rotatable bonds is 5. The average Bonchev–Trinajstić information content (AvgIpc) is 3.32. The van der Waals surface area contributed by atoms with Crippen LogP contribution in [0.3, 0.4) is 0 Å². The van der Waals surface area contributed by atoms with Crippen molar-refractivity contribution in [3.8, 4) is 0 Å². The summed E-state index contributed by atoms with van der Waals surface area (Å²) in [5.41, 5.74) is 5.05. The van der Waals surface area contributed by atoms with E-state index in [1.54, 1.807) is 0 Å². The number of H-pyrrole nitrogens is 1. The fraction of sp³-hybridized carbons (Fsp3) is 0.571. The number of nitrogens with one attached hydrogen (secondary N) is 3. The van der Waals surface area contributed by atoms with Crippen molar-refractivity contribution in [3.63, 3.8) is 0 Å². The Bertz CT molecular complexity index is 802. The minimum absolute atomic E-state index is 0.519. The number of aromatic nitrogens is 1. The summed E-state index contributed by atoms with van der Waals surface area (Å²) in [6.07, 6.45) is 4.00. The van der Waals surface area contributed by atoms with E-state index in [9.17, 15) is 0 Å². The van der Waals surface area contributed by atoms with Crippen LogP contribution in [0.5, 0.6) is 0 Å². The van der Waals surface area contributed by atoms with Gasteiger partial charge in [-0.3, -0.25) is 4.90 Å². The Morgan fingerprint density at radius 1 is 1.27 bits per heavy atom. The molecule has 1 saturated carbocycles. The van der Waals surface area contributed by atoms with Gasteiger partial charge in [-0.25, -0.2) is 4.99 Å². The molecule has 140 valence electrons. The topological polar surface area (TPSA) is 55.5 Å². The second-order valence-electron chi connectivity index (χ2n) is 7.81. The molecule has 1 aliphatic carbocycles. The third-order valence-electron chi connectivity index (χ3n) is 5.76. The summed E-state index contributed by atoms with van der Waals surface area (Å²) in [4.78, 5) is 10.9. The van der Waals surface area contributed by atoms with Gasteiger partial charge in [-0.05, 0) is 63.3 Å². The van der Waals surface area contributed by atoms with E-state index in [4.69, 9.17) is 4.99 Å². The highest BCUT2D eigenvalue weighted by molar-refractivity contribution is 5.85. The van der Waals surface area contributed by atoms with Gasteiger partial charge in [-0.1, -0.05) is 6.07 Å². The first kappa shape index (κ1) is 17.4. The molecule has 2 heterocycles. The molecule has 0 bridgehead atoms. The van der Waals surface area contributed by atoms with Crippen LogP contribution in [0.15, 0.2) is 23.2 Å². The summed E-state index contributed by atoms with van der Waals surface area (Å²) < 4.78 is 0. The van der Waals surface area contributed by atoms with E-state index in [2.05, 4.69) is 59.5 Å². The summed E-state index contributed by atoms with van der Waals surface area (Å²) in [7, 11) is 0. The lowest BCUT2D eigenvalue weighted by atomic mass is 10.1. The average molecular weight is 354 g/mol. The van der Waals surface area contributed by atoms with Crippen LogP contribution >= 0.6 is 0 Å². The molecule has 1 saturated heterocycles. The number of aromatic amines is 1. The zero-order chi connectivity index (χ0) is 18.1. The van der Waals surface area contributed by atoms with E-state index >= 15 is 0 Å². The number of likely N-dealkylation sites (tertiary alicyclic amines) is 1. The molecule has 0 radical (unpaired) electrons. The van der Waals surface area contributed by atoms with E-state index in [0.717, 1.165) is 25.1 Å². The SMILES string of the molecule is CCNC(=NCc1ccc2[nH]c(C)c(C)c2c1)NC1CCN(C2CC2)C1. The molecule has 1 atom stereocenters. The van der Waals surface area contributed by atoms with Crippen LogP contribution in [0.2, 0.25) is 0 Å². The predicted molar refractivity (Wildman–Crippen MR) is 109 cm³/mol. The summed E-state index contributed by atoms with van der Waals surface area (Å²) >= 11 is 0. The highest BCUT2D eigenvalue weighted by Crippen LogP contribution is 2.29. The van der Waals surface area contributed by atoms with Gasteiger partial charge in [0.1, 0.15) is 0 Å². The number of aliphatic imine (C=N–C) groups is 1. The maximum atomic E-state index is 4.84. The van der Waals surface area contributed by atoms with E-state index in [-0.39, 0.29) is 0 Å². The maximum absolute atomic E-state index is 4.84. The van der Waals surface area contributed by atoms with Gasteiger partial charge in [0.25, 0.3) is 0 Å². The van der Waals surface area contributed by atoms with Crippen LogP contribution in [0.25, 0.3) is 10.9 Å². The van der Waals surface area contributed by atoms with Gasteiger partial charge in [0, 0.05) is 48.3 Å². The Morgan fingerprint density at radius 3 is 2.88 bits per heavy atom. The van der Waals surface area contributed by atoms with Crippen molar-refractivity contribution >= 4 is 16.9 Å². The maximum Gasteiger partial charge on any atom is 0.191 e. The van der Waals surface area contributed by atoms with Gasteiger partial charge in [0.2, 0.25) is 0 Å². The first-order valence-corrected chi connectivity index (χ1v) is 10.0. The van der Waals surface area contributed by atoms with Gasteiger partial charge in [-0.2, -0.15) is 0 Å². The molecule has 5 heteroatoms. The Hall–Kier alpha value is -2.01. The molecule has 1 unspecified atom stereocenters. The summed E-state index contributed by atoms with van der Waals surface area (Å²) in [5.74, 6) is 0.942. The van der Waals surface area contributed by atoms with Gasteiger partial charge in [0.15, 0.2) is 5.96 Å². The standard InChI is InChI=1S/C21H31N5/c1-4-22-21(25-17-9-10-26(13-17)18-6-7-18)23-12-16-5-8-20-19(11-16)14(2)15(3)24-20/h5,8,11,17-18,24H,4,6-7,9-10,12-13H2,1-3H3,(H2,22,23,25). The highest BCUT2D eigenvalue weighted by Gasteiger charge is 2.34. The van der Waals surface area contributed by atoms with Crippen LogP contribution in [0, 0.1) is 13.8 Å². The molecule has 2 aliphatic rings. The monoisotopic (exact) mass is 353 g/mol. The van der Waals surface area contributed by atoms with Crippen LogP contribution < -0.4 is 10.6 Å². The minimum atomic E-state index is 0.519. The molecule has 1 aliphatic heterocycles. The van der Waals surface area contributed by atoms with Gasteiger partial charge >= 0.3 is 0 Å². The number of nitrogens with zero attached hydrogens (tertiary/aromatic N) is 2. The number of hydrogen-bond donors (Lipinski definition) is 3. The predicted octanol–water partition coefficient (Wildman–Crippen LogP) is 3.08. The van der Waals surface area contributed by atoms with Crippen molar-refractivity contribution in [3.05, 3.63) is 35.0 Å². The van der Waals surface area contributed by atoms with Gasteiger partial charge in [-0.15, -0.1) is 0 Å². The Kier molecular flexibility index (Phi) is 4.90. The van der Waals surface area contributed by atoms with Crippen molar-refractivity contribution in [1.29, 1.82) is 0 Å². The van der Waals surface area contributed by atoms with Gasteiger partial charge < -0.3 is 15.6 Å². The van der Waals surface area contributed by atoms with Crippen LogP contribution in [-0.2, 0) is 6.54 Å². The lowest BCUT2D eigenvalue weighted by Gasteiger charge is -2.18. The van der Waals surface area contributed by atoms with Crippen molar-refractivity contribution < 1.29 is 0 Å². The van der Waals surface area contributed by atoms with Gasteiger partial charge in [0.05, 0.1) is 6.54 Å². The fourth-order valence-corrected chi connectivity index (χ4v) is 3.97. The van der Waals surface area contributed by atoms with E-state index in [1.165, 1.54) is 53.5 Å². The highest BCUT2D eigenvalue weighted by atomic mass is 15.3. The molecular weight excluding hydrogens is 322 g/mol. The van der Waals surface area contributed by atoms with Crippen LogP contribution in [0.4, 0.5) is 0 Å². The minimum Gasteiger partial charge on any atom is -0.358 e. The Labute approximate surface area is 156 Å². The lowest BCUT2D eigenvalue weighted by molar-refractivity contribution is 0.321. The van der Waals surface area contributed by atoms with Crippen LogP contribution in [0.1, 0.15) is 43.0 Å². The summed E-state index contributed by atoms with van der Waals surface area (Å²) in [6.45, 7) is 10.4. The van der Waals surface area contributed by atoms with E-state index in [0.29, 0.717) is 12.6 Å². The molecule has 0 amide bonds. The van der Waals surface area contributed by atoms with Crippen molar-refractivity contribution in [2.45, 2.75) is 58.7 Å². The second-order valence-corrected chi connectivity index (χ2v) is 7.81. The molecule has 1 aromatic carbocycles. The van der Waals surface area contributed by atoms with E-state index < -0.39 is 0 Å². The Balaban J connectivity index is 1.43. The van der Waals surface area contributed by atoms with Crippen molar-refractivity contribution in [1.82, 2.24) is 20.5 Å². The molecule has 3 N–H and O–H groups in total. The lowest BCUT2D eigenvalue weighted by Crippen LogP contribution is -2.44. The molecule has 26 heavy (non-hydrogen) atoms. The number of benzene rings is 1. The molecule has 1 aromatic heterocycles. The first-order chi connectivity index (χ1) is 12.6. The Morgan fingerprint density at radius 2 is 2.12 bits per heavy atom. The molecule has 0 spiro atoms. The van der Waals surface area contributed by atoms with Crippen molar-refractivity contribution in [2.24, 2.45) is 4.99 Å². The van der Waals surface area contributed by atoms with Crippen molar-refractivity contribution in [2.75, 3.05) is 19.6 Å². The fourth-order valence-electron chi connectivity index (χ4n) is 3.97. The number of guanidine groups is 1. The quantitative estimate of drug-likeness (QED) is 0.572. The smallest absolute Gasteiger partial charge is 0.191 e. The molecule has 2 fully saturated rings. The number of fused-ring (bicyclic) bond motifs is 1. The zero-order valence-corrected chi connectivity index (χ0v) is 16.2. The molecule has 2 aromatic rings. The number of aryl methyl sites for hydroxylation is 2.